The molecule has 1 saturated heterocycles. The van der Waals surface area contributed by atoms with Gasteiger partial charge < -0.3 is 14.4 Å². The number of rotatable bonds is 4. The molecule has 0 unspecified atom stereocenters. The minimum Gasteiger partial charge on any atom is -0.495 e. The number of nitrogens with one attached hydrogen (secondary N) is 1. The van der Waals surface area contributed by atoms with Gasteiger partial charge in [0.2, 0.25) is 10.0 Å². The van der Waals surface area contributed by atoms with Crippen molar-refractivity contribution in [3.8, 4) is 5.75 Å². The lowest BCUT2D eigenvalue weighted by molar-refractivity contribution is 0.0292. The molecular weight excluding hydrogens is 368 g/mol. The van der Waals surface area contributed by atoms with Gasteiger partial charge in [-0.05, 0) is 45.4 Å². The molecule has 0 aliphatic carbocycles. The number of carbonyl (C=O) groups excluding carboxylic acids is 1. The third-order valence-electron chi connectivity index (χ3n) is 3.58. The highest BCUT2D eigenvalue weighted by molar-refractivity contribution is 7.89. The first-order valence-electron chi connectivity index (χ1n) is 7.85. The Hall–Kier alpha value is -1.51. The average molecular weight is 391 g/mol. The molecule has 25 heavy (non-hydrogen) atoms. The van der Waals surface area contributed by atoms with Crippen molar-refractivity contribution in [1.29, 1.82) is 0 Å². The van der Waals surface area contributed by atoms with Gasteiger partial charge in [-0.15, -0.1) is 0 Å². The summed E-state index contributed by atoms with van der Waals surface area (Å²) >= 11 is 5.91. The summed E-state index contributed by atoms with van der Waals surface area (Å²) in [4.78, 5) is 13.5. The second-order valence-corrected chi connectivity index (χ2v) is 8.95. The first-order valence-corrected chi connectivity index (χ1v) is 9.72. The van der Waals surface area contributed by atoms with Crippen molar-refractivity contribution in [2.24, 2.45) is 0 Å². The van der Waals surface area contributed by atoms with E-state index < -0.39 is 27.8 Å². The second kappa shape index (κ2) is 7.39. The molecule has 1 aromatic carbocycles. The van der Waals surface area contributed by atoms with Crippen LogP contribution in [0.1, 0.15) is 27.2 Å². The summed E-state index contributed by atoms with van der Waals surface area (Å²) < 4.78 is 38.3. The number of halogens is 1. The highest BCUT2D eigenvalue weighted by Gasteiger charge is 2.33. The molecule has 1 amide bonds. The largest absolute Gasteiger partial charge is 0.495 e. The molecule has 1 aliphatic rings. The van der Waals surface area contributed by atoms with Crippen molar-refractivity contribution in [3.05, 3.63) is 23.2 Å². The lowest BCUT2D eigenvalue weighted by atomic mass is 10.2. The fraction of sp³-hybridized carbons (Fsp3) is 0.562. The summed E-state index contributed by atoms with van der Waals surface area (Å²) in [6.07, 6.45) is 0.0518. The molecule has 0 aromatic heterocycles. The van der Waals surface area contributed by atoms with E-state index in [0.29, 0.717) is 18.0 Å². The van der Waals surface area contributed by atoms with Gasteiger partial charge in [0.15, 0.2) is 0 Å². The maximum Gasteiger partial charge on any atom is 0.410 e. The van der Waals surface area contributed by atoms with Crippen LogP contribution in [0.25, 0.3) is 0 Å². The molecule has 0 spiro atoms. The summed E-state index contributed by atoms with van der Waals surface area (Å²) in [5.41, 5.74) is -0.594. The van der Waals surface area contributed by atoms with Crippen LogP contribution in [-0.4, -0.2) is 51.3 Å². The fourth-order valence-electron chi connectivity index (χ4n) is 2.49. The molecule has 0 bridgehead atoms. The Morgan fingerprint density at radius 2 is 2.04 bits per heavy atom. The van der Waals surface area contributed by atoms with Crippen molar-refractivity contribution in [2.45, 2.75) is 43.7 Å². The Balaban J connectivity index is 2.08. The first-order chi connectivity index (χ1) is 11.5. The van der Waals surface area contributed by atoms with Gasteiger partial charge in [-0.1, -0.05) is 11.6 Å². The van der Waals surface area contributed by atoms with Gasteiger partial charge in [-0.3, -0.25) is 0 Å². The third kappa shape index (κ3) is 5.23. The number of methoxy groups -OCH3 is 1. The van der Waals surface area contributed by atoms with Crippen LogP contribution in [0.5, 0.6) is 5.75 Å². The van der Waals surface area contributed by atoms with Crippen LogP contribution in [0.4, 0.5) is 4.79 Å². The number of carbonyl (C=O) groups is 1. The van der Waals surface area contributed by atoms with E-state index in [1.165, 1.54) is 24.1 Å². The predicted octanol–water partition coefficient (Wildman–Crippen LogP) is 2.64. The Labute approximate surface area is 153 Å². The molecule has 0 saturated carbocycles. The molecule has 7 nitrogen and oxygen atoms in total. The molecule has 1 N–H and O–H groups in total. The van der Waals surface area contributed by atoms with E-state index in [4.69, 9.17) is 21.1 Å². The zero-order chi connectivity index (χ0) is 18.8. The Morgan fingerprint density at radius 3 is 2.64 bits per heavy atom. The minimum absolute atomic E-state index is 0.0294. The summed E-state index contributed by atoms with van der Waals surface area (Å²) in [5, 5.41) is 0.294. The molecule has 0 radical (unpaired) electrons. The van der Waals surface area contributed by atoms with E-state index in [-0.39, 0.29) is 17.2 Å². The topological polar surface area (TPSA) is 84.9 Å². The van der Waals surface area contributed by atoms with E-state index in [2.05, 4.69) is 4.72 Å². The van der Waals surface area contributed by atoms with Gasteiger partial charge in [0.1, 0.15) is 16.2 Å². The van der Waals surface area contributed by atoms with E-state index in [1.807, 2.05) is 0 Å². The van der Waals surface area contributed by atoms with E-state index in [9.17, 15) is 13.2 Å². The molecule has 2 rings (SSSR count). The highest BCUT2D eigenvalue weighted by atomic mass is 35.5. The molecule has 1 fully saturated rings. The number of benzene rings is 1. The molecule has 1 heterocycles. The standard InChI is InChI=1S/C16H23ClN2O5S/c1-16(2,3)24-15(20)19-8-7-12(10-19)18-25(21,22)14-9-11(17)5-6-13(14)23-4/h5-6,9,12,18H,7-8,10H2,1-4H3/t12-/m1/s1. The number of hydrogen-bond donors (Lipinski definition) is 1. The van der Waals surface area contributed by atoms with Crippen LogP contribution >= 0.6 is 11.6 Å². The Bertz CT molecular complexity index is 745. The Kier molecular flexibility index (Phi) is 5.86. The van der Waals surface area contributed by atoms with Gasteiger partial charge in [-0.25, -0.2) is 17.9 Å². The SMILES string of the molecule is COc1ccc(Cl)cc1S(=O)(=O)N[C@@H]1CCN(C(=O)OC(C)(C)C)C1. The first kappa shape index (κ1) is 19.8. The van der Waals surface area contributed by atoms with Gasteiger partial charge in [-0.2, -0.15) is 0 Å². The molecule has 9 heteroatoms. The minimum atomic E-state index is -3.83. The average Bonchev–Trinajstić information content (AvgIpc) is 2.93. The second-order valence-electron chi connectivity index (χ2n) is 6.83. The van der Waals surface area contributed by atoms with Crippen molar-refractivity contribution in [2.75, 3.05) is 20.2 Å². The van der Waals surface area contributed by atoms with Crippen LogP contribution in [0.2, 0.25) is 5.02 Å². The number of sulfonamides is 1. The van der Waals surface area contributed by atoms with Crippen LogP contribution in [0.15, 0.2) is 23.1 Å². The van der Waals surface area contributed by atoms with Crippen molar-refractivity contribution >= 4 is 27.7 Å². The zero-order valence-electron chi connectivity index (χ0n) is 14.7. The maximum atomic E-state index is 12.6. The van der Waals surface area contributed by atoms with Crippen molar-refractivity contribution in [1.82, 2.24) is 9.62 Å². The zero-order valence-corrected chi connectivity index (χ0v) is 16.3. The number of ether oxygens (including phenoxy) is 2. The van der Waals surface area contributed by atoms with Gasteiger partial charge >= 0.3 is 6.09 Å². The summed E-state index contributed by atoms with van der Waals surface area (Å²) in [6.45, 7) is 6.03. The summed E-state index contributed by atoms with van der Waals surface area (Å²) in [5.74, 6) is 0.207. The van der Waals surface area contributed by atoms with E-state index in [1.54, 1.807) is 26.8 Å². The van der Waals surface area contributed by atoms with Gasteiger partial charge in [0.05, 0.1) is 7.11 Å². The molecule has 1 aromatic rings. The lowest BCUT2D eigenvalue weighted by Crippen LogP contribution is -2.40. The van der Waals surface area contributed by atoms with Crippen molar-refractivity contribution < 1.29 is 22.7 Å². The van der Waals surface area contributed by atoms with E-state index >= 15 is 0 Å². The molecule has 140 valence electrons. The number of hydrogen-bond acceptors (Lipinski definition) is 5. The quantitative estimate of drug-likeness (QED) is 0.854. The van der Waals surface area contributed by atoms with Crippen molar-refractivity contribution in [3.63, 3.8) is 0 Å². The van der Waals surface area contributed by atoms with Crippen LogP contribution in [-0.2, 0) is 14.8 Å². The monoisotopic (exact) mass is 390 g/mol. The number of likely N-dealkylation sites (tertiary alicyclic amines) is 1. The molecule has 1 aliphatic heterocycles. The van der Waals surface area contributed by atoms with Gasteiger partial charge in [0.25, 0.3) is 0 Å². The lowest BCUT2D eigenvalue weighted by Gasteiger charge is -2.24. The van der Waals surface area contributed by atoms with Gasteiger partial charge in [0, 0.05) is 24.2 Å². The van der Waals surface area contributed by atoms with Crippen LogP contribution < -0.4 is 9.46 Å². The molecule has 1 atom stereocenters. The summed E-state index contributed by atoms with van der Waals surface area (Å²) in [6, 6.07) is 3.99. The smallest absolute Gasteiger partial charge is 0.410 e. The van der Waals surface area contributed by atoms with E-state index in [0.717, 1.165) is 0 Å². The summed E-state index contributed by atoms with van der Waals surface area (Å²) in [7, 11) is -2.44. The number of amides is 1. The highest BCUT2D eigenvalue weighted by Crippen LogP contribution is 2.27. The predicted molar refractivity (Wildman–Crippen MR) is 94.5 cm³/mol. The Morgan fingerprint density at radius 1 is 1.36 bits per heavy atom. The normalized spacial score (nSPS) is 18.3. The maximum absolute atomic E-state index is 12.6. The third-order valence-corrected chi connectivity index (χ3v) is 5.35. The fourth-order valence-corrected chi connectivity index (χ4v) is 4.19. The van der Waals surface area contributed by atoms with Crippen LogP contribution in [0, 0.1) is 0 Å². The number of nitrogens with zero attached hydrogens (tertiary/aromatic N) is 1. The van der Waals surface area contributed by atoms with Crippen LogP contribution in [0.3, 0.4) is 0 Å². The molecular formula is C16H23ClN2O5S.